The highest BCUT2D eigenvalue weighted by molar-refractivity contribution is 7.99. The molecule has 12 heavy (non-hydrogen) atoms. The van der Waals surface area contributed by atoms with Crippen LogP contribution >= 0.6 is 11.8 Å². The van der Waals surface area contributed by atoms with Crippen molar-refractivity contribution >= 4 is 17.7 Å². The molecule has 3 nitrogen and oxygen atoms in total. The lowest BCUT2D eigenvalue weighted by Gasteiger charge is -2.11. The molecule has 1 atom stereocenters. The summed E-state index contributed by atoms with van der Waals surface area (Å²) in [6, 6.07) is -0.0764. The van der Waals surface area contributed by atoms with E-state index in [2.05, 4.69) is 17.6 Å². The molecule has 0 aliphatic heterocycles. The quantitative estimate of drug-likeness (QED) is 0.598. The fourth-order valence-electron chi connectivity index (χ4n) is 0.801. The molecule has 0 bridgehead atoms. The lowest BCUT2D eigenvalue weighted by atomic mass is 10.3. The number of carbonyl (C=O) groups is 1. The minimum atomic E-state index is -0.0764. The van der Waals surface area contributed by atoms with E-state index in [9.17, 15) is 4.79 Å². The van der Waals surface area contributed by atoms with Gasteiger partial charge in [0.2, 0.25) is 5.91 Å². The van der Waals surface area contributed by atoms with Gasteiger partial charge in [-0.25, -0.2) is 0 Å². The molecule has 0 saturated heterocycles. The van der Waals surface area contributed by atoms with Gasteiger partial charge < -0.3 is 10.6 Å². The van der Waals surface area contributed by atoms with Crippen molar-refractivity contribution in [1.82, 2.24) is 10.6 Å². The Morgan fingerprint density at radius 2 is 2.25 bits per heavy atom. The monoisotopic (exact) mass is 190 g/mol. The molecule has 0 radical (unpaired) electrons. The molecule has 0 fully saturated rings. The van der Waals surface area contributed by atoms with Crippen LogP contribution in [0.25, 0.3) is 0 Å². The van der Waals surface area contributed by atoms with Crippen molar-refractivity contribution in [3.8, 4) is 0 Å². The smallest absolute Gasteiger partial charge is 0.236 e. The van der Waals surface area contributed by atoms with E-state index in [1.165, 1.54) is 0 Å². The zero-order valence-corrected chi connectivity index (χ0v) is 8.83. The van der Waals surface area contributed by atoms with Crippen LogP contribution in [0.4, 0.5) is 0 Å². The van der Waals surface area contributed by atoms with E-state index in [1.54, 1.807) is 7.05 Å². The first-order valence-corrected chi connectivity index (χ1v) is 5.40. The number of likely N-dealkylation sites (N-methyl/N-ethyl adjacent to an activating group) is 1. The number of hydrogen-bond donors (Lipinski definition) is 2. The van der Waals surface area contributed by atoms with Crippen molar-refractivity contribution in [2.45, 2.75) is 19.9 Å². The topological polar surface area (TPSA) is 41.1 Å². The number of amides is 1. The van der Waals surface area contributed by atoms with E-state index in [1.807, 2.05) is 18.7 Å². The summed E-state index contributed by atoms with van der Waals surface area (Å²) in [4.78, 5) is 11.0. The van der Waals surface area contributed by atoms with Gasteiger partial charge >= 0.3 is 0 Å². The van der Waals surface area contributed by atoms with Crippen molar-refractivity contribution in [2.24, 2.45) is 0 Å². The highest BCUT2D eigenvalue weighted by Crippen LogP contribution is 1.95. The summed E-state index contributed by atoms with van der Waals surface area (Å²) in [5, 5.41) is 5.73. The SMILES string of the molecule is CCSCCNC(C)C(=O)NC. The minimum Gasteiger partial charge on any atom is -0.358 e. The van der Waals surface area contributed by atoms with Crippen molar-refractivity contribution in [3.63, 3.8) is 0 Å². The highest BCUT2D eigenvalue weighted by atomic mass is 32.2. The fraction of sp³-hybridized carbons (Fsp3) is 0.875. The van der Waals surface area contributed by atoms with Gasteiger partial charge in [0.05, 0.1) is 6.04 Å². The molecular weight excluding hydrogens is 172 g/mol. The predicted molar refractivity (Wildman–Crippen MR) is 54.5 cm³/mol. The number of nitrogens with one attached hydrogen (secondary N) is 2. The van der Waals surface area contributed by atoms with Crippen molar-refractivity contribution in [3.05, 3.63) is 0 Å². The molecule has 1 amide bonds. The average molecular weight is 190 g/mol. The van der Waals surface area contributed by atoms with Crippen LogP contribution in [0.3, 0.4) is 0 Å². The van der Waals surface area contributed by atoms with Gasteiger partial charge in [0.25, 0.3) is 0 Å². The molecule has 0 rings (SSSR count). The van der Waals surface area contributed by atoms with Gasteiger partial charge in [0, 0.05) is 19.3 Å². The fourth-order valence-corrected chi connectivity index (χ4v) is 1.35. The second-order valence-corrected chi connectivity index (χ2v) is 3.88. The molecule has 0 aromatic carbocycles. The number of hydrogen-bond acceptors (Lipinski definition) is 3. The lowest BCUT2D eigenvalue weighted by Crippen LogP contribution is -2.41. The van der Waals surface area contributed by atoms with Crippen molar-refractivity contribution in [2.75, 3.05) is 25.1 Å². The van der Waals surface area contributed by atoms with Crippen LogP contribution in [0.5, 0.6) is 0 Å². The Balaban J connectivity index is 3.31. The lowest BCUT2D eigenvalue weighted by molar-refractivity contribution is -0.122. The first-order valence-electron chi connectivity index (χ1n) is 4.25. The standard InChI is InChI=1S/C8H18N2OS/c1-4-12-6-5-10-7(2)8(11)9-3/h7,10H,4-6H2,1-3H3,(H,9,11). The van der Waals surface area contributed by atoms with Crippen LogP contribution in [0.15, 0.2) is 0 Å². The Bertz CT molecular complexity index is 130. The van der Waals surface area contributed by atoms with Crippen LogP contribution < -0.4 is 10.6 Å². The zero-order valence-electron chi connectivity index (χ0n) is 8.02. The Kier molecular flexibility index (Phi) is 7.29. The predicted octanol–water partition coefficient (Wildman–Crippen LogP) is 0.464. The Morgan fingerprint density at radius 1 is 1.58 bits per heavy atom. The molecule has 0 aliphatic carbocycles. The third-order valence-electron chi connectivity index (χ3n) is 1.54. The molecule has 0 aromatic heterocycles. The van der Waals surface area contributed by atoms with E-state index in [-0.39, 0.29) is 11.9 Å². The Hall–Kier alpha value is -0.220. The minimum absolute atomic E-state index is 0.0523. The summed E-state index contributed by atoms with van der Waals surface area (Å²) in [6.45, 7) is 4.90. The third-order valence-corrected chi connectivity index (χ3v) is 2.44. The number of thioether (sulfide) groups is 1. The van der Waals surface area contributed by atoms with Gasteiger partial charge in [0.1, 0.15) is 0 Å². The van der Waals surface area contributed by atoms with Crippen molar-refractivity contribution in [1.29, 1.82) is 0 Å². The third kappa shape index (κ3) is 5.43. The summed E-state index contributed by atoms with van der Waals surface area (Å²) in [6.07, 6.45) is 0. The van der Waals surface area contributed by atoms with Gasteiger partial charge in [-0.1, -0.05) is 6.92 Å². The summed E-state index contributed by atoms with van der Waals surface area (Å²) in [5.41, 5.74) is 0. The van der Waals surface area contributed by atoms with E-state index in [0.717, 1.165) is 18.1 Å². The molecule has 72 valence electrons. The van der Waals surface area contributed by atoms with Crippen LogP contribution in [-0.2, 0) is 4.79 Å². The van der Waals surface area contributed by atoms with Gasteiger partial charge in [-0.05, 0) is 12.7 Å². The molecule has 0 saturated carbocycles. The molecule has 1 unspecified atom stereocenters. The normalized spacial score (nSPS) is 12.6. The molecule has 0 aliphatic rings. The maximum absolute atomic E-state index is 11.0. The summed E-state index contributed by atoms with van der Waals surface area (Å²) >= 11 is 1.88. The van der Waals surface area contributed by atoms with Crippen molar-refractivity contribution < 1.29 is 4.79 Å². The van der Waals surface area contributed by atoms with Crippen LogP contribution in [0.1, 0.15) is 13.8 Å². The van der Waals surface area contributed by atoms with E-state index >= 15 is 0 Å². The first-order chi connectivity index (χ1) is 5.72. The zero-order chi connectivity index (χ0) is 9.40. The van der Waals surface area contributed by atoms with Gasteiger partial charge in [-0.2, -0.15) is 11.8 Å². The molecule has 0 heterocycles. The summed E-state index contributed by atoms with van der Waals surface area (Å²) in [5.74, 6) is 2.25. The maximum atomic E-state index is 11.0. The average Bonchev–Trinajstić information content (AvgIpc) is 2.10. The maximum Gasteiger partial charge on any atom is 0.236 e. The van der Waals surface area contributed by atoms with Crippen LogP contribution in [0, 0.1) is 0 Å². The molecule has 2 N–H and O–H groups in total. The summed E-state index contributed by atoms with van der Waals surface area (Å²) < 4.78 is 0. The van der Waals surface area contributed by atoms with Crippen LogP contribution in [-0.4, -0.2) is 37.0 Å². The number of carbonyl (C=O) groups excluding carboxylic acids is 1. The van der Waals surface area contributed by atoms with Gasteiger partial charge in [-0.15, -0.1) is 0 Å². The van der Waals surface area contributed by atoms with Gasteiger partial charge in [0.15, 0.2) is 0 Å². The molecule has 0 aromatic rings. The van der Waals surface area contributed by atoms with E-state index in [4.69, 9.17) is 0 Å². The molecule has 4 heteroatoms. The van der Waals surface area contributed by atoms with Crippen LogP contribution in [0.2, 0.25) is 0 Å². The van der Waals surface area contributed by atoms with Gasteiger partial charge in [-0.3, -0.25) is 4.79 Å². The summed E-state index contributed by atoms with van der Waals surface area (Å²) in [7, 11) is 1.65. The number of rotatable bonds is 6. The van der Waals surface area contributed by atoms with E-state index < -0.39 is 0 Å². The first kappa shape index (κ1) is 11.8. The highest BCUT2D eigenvalue weighted by Gasteiger charge is 2.07. The second-order valence-electron chi connectivity index (χ2n) is 2.49. The largest absolute Gasteiger partial charge is 0.358 e. The Morgan fingerprint density at radius 3 is 2.75 bits per heavy atom. The second kappa shape index (κ2) is 7.43. The van der Waals surface area contributed by atoms with E-state index in [0.29, 0.717) is 0 Å². The molecular formula is C8H18N2OS. The molecule has 0 spiro atoms. The Labute approximate surface area is 78.7 Å².